The van der Waals surface area contributed by atoms with E-state index < -0.39 is 17.9 Å². The molecule has 0 saturated carbocycles. The van der Waals surface area contributed by atoms with Gasteiger partial charge in [-0.1, -0.05) is 23.7 Å². The Labute approximate surface area is 123 Å². The van der Waals surface area contributed by atoms with Crippen molar-refractivity contribution in [3.63, 3.8) is 0 Å². The van der Waals surface area contributed by atoms with Gasteiger partial charge in [0.15, 0.2) is 6.04 Å². The lowest BCUT2D eigenvalue weighted by molar-refractivity contribution is -0.148. The first kappa shape index (κ1) is 16.5. The molecule has 1 rings (SSSR count). The first-order valence-corrected chi connectivity index (χ1v) is 6.78. The van der Waals surface area contributed by atoms with E-state index in [2.05, 4.69) is 5.32 Å². The van der Waals surface area contributed by atoms with Gasteiger partial charge in [0.1, 0.15) is 0 Å². The number of amides is 1. The topological polar surface area (TPSA) is 81.4 Å². The molecule has 0 heterocycles. The first-order chi connectivity index (χ1) is 9.43. The van der Waals surface area contributed by atoms with E-state index in [1.54, 1.807) is 13.0 Å². The van der Waals surface area contributed by atoms with Crippen molar-refractivity contribution < 1.29 is 14.3 Å². The fraction of sp³-hybridized carbons (Fsp3) is 0.429. The largest absolute Gasteiger partial charge is 0.464 e. The molecule has 1 amide bonds. The number of carbonyl (C=O) groups excluding carboxylic acids is 2. The zero-order valence-corrected chi connectivity index (χ0v) is 12.3. The van der Waals surface area contributed by atoms with E-state index in [0.29, 0.717) is 11.4 Å². The number of esters is 1. The van der Waals surface area contributed by atoms with Gasteiger partial charge in [-0.2, -0.15) is 0 Å². The van der Waals surface area contributed by atoms with Crippen molar-refractivity contribution in [1.29, 1.82) is 0 Å². The van der Waals surface area contributed by atoms with Crippen LogP contribution in [0.2, 0.25) is 5.02 Å². The second kappa shape index (κ2) is 7.87. The van der Waals surface area contributed by atoms with Crippen LogP contribution in [-0.4, -0.2) is 30.6 Å². The Kier molecular flexibility index (Phi) is 6.48. The zero-order chi connectivity index (χ0) is 15.1. The minimum absolute atomic E-state index is 0.165. The van der Waals surface area contributed by atoms with Gasteiger partial charge in [0.25, 0.3) is 0 Å². The van der Waals surface area contributed by atoms with Crippen LogP contribution in [0.5, 0.6) is 0 Å². The van der Waals surface area contributed by atoms with E-state index in [-0.39, 0.29) is 12.6 Å². The lowest BCUT2D eigenvalue weighted by Gasteiger charge is -2.17. The van der Waals surface area contributed by atoms with Gasteiger partial charge in [0, 0.05) is 11.1 Å². The van der Waals surface area contributed by atoms with Gasteiger partial charge in [-0.3, -0.25) is 4.79 Å². The molecule has 0 fully saturated rings. The molecular weight excluding hydrogens is 280 g/mol. The number of rotatable bonds is 6. The molecule has 0 saturated heterocycles. The van der Waals surface area contributed by atoms with E-state index in [9.17, 15) is 9.59 Å². The van der Waals surface area contributed by atoms with Crippen molar-refractivity contribution in [2.45, 2.75) is 32.4 Å². The Morgan fingerprint density at radius 2 is 2.15 bits per heavy atom. The summed E-state index contributed by atoms with van der Waals surface area (Å²) in [6, 6.07) is 5.91. The van der Waals surface area contributed by atoms with Crippen molar-refractivity contribution >= 4 is 23.5 Å². The molecule has 1 aromatic rings. The Bertz CT molecular complexity index is 479. The quantitative estimate of drug-likeness (QED) is 0.612. The molecule has 2 atom stereocenters. The molecule has 20 heavy (non-hydrogen) atoms. The molecule has 0 spiro atoms. The van der Waals surface area contributed by atoms with Gasteiger partial charge in [0.05, 0.1) is 6.61 Å². The number of benzene rings is 1. The lowest BCUT2D eigenvalue weighted by atomic mass is 10.1. The zero-order valence-electron chi connectivity index (χ0n) is 11.6. The Hall–Kier alpha value is -1.59. The molecule has 0 bridgehead atoms. The third-order valence-electron chi connectivity index (χ3n) is 2.64. The van der Waals surface area contributed by atoms with Crippen LogP contribution < -0.4 is 11.1 Å². The standard InChI is InChI=1S/C14H19ClN2O3/c1-3-20-14(19)12(16)13(18)17-9(2)7-10-5-4-6-11(15)8-10/h4-6,8-9,12H,3,7,16H2,1-2H3,(H,17,18). The van der Waals surface area contributed by atoms with Crippen LogP contribution in [0.1, 0.15) is 19.4 Å². The molecule has 2 unspecified atom stereocenters. The normalized spacial score (nSPS) is 13.4. The highest BCUT2D eigenvalue weighted by Crippen LogP contribution is 2.12. The van der Waals surface area contributed by atoms with Crippen molar-refractivity contribution in [1.82, 2.24) is 5.32 Å². The minimum Gasteiger partial charge on any atom is -0.464 e. The van der Waals surface area contributed by atoms with E-state index in [0.717, 1.165) is 5.56 Å². The maximum atomic E-state index is 11.8. The summed E-state index contributed by atoms with van der Waals surface area (Å²) >= 11 is 5.89. The van der Waals surface area contributed by atoms with Crippen LogP contribution in [0.25, 0.3) is 0 Å². The van der Waals surface area contributed by atoms with Crippen LogP contribution in [0, 0.1) is 0 Å². The molecule has 0 aliphatic rings. The molecule has 110 valence electrons. The average Bonchev–Trinajstić information content (AvgIpc) is 2.37. The molecule has 0 radical (unpaired) electrons. The number of nitrogens with two attached hydrogens (primary N) is 1. The highest BCUT2D eigenvalue weighted by molar-refractivity contribution is 6.30. The first-order valence-electron chi connectivity index (χ1n) is 6.41. The maximum Gasteiger partial charge on any atom is 0.332 e. The number of halogens is 1. The summed E-state index contributed by atoms with van der Waals surface area (Å²) in [6.07, 6.45) is 0.599. The molecular formula is C14H19ClN2O3. The van der Waals surface area contributed by atoms with Crippen molar-refractivity contribution in [2.24, 2.45) is 5.73 Å². The van der Waals surface area contributed by atoms with E-state index in [4.69, 9.17) is 22.1 Å². The highest BCUT2D eigenvalue weighted by atomic mass is 35.5. The number of ether oxygens (including phenoxy) is 1. The highest BCUT2D eigenvalue weighted by Gasteiger charge is 2.24. The van der Waals surface area contributed by atoms with E-state index >= 15 is 0 Å². The molecule has 0 aliphatic heterocycles. The number of hydrogen-bond acceptors (Lipinski definition) is 4. The second-order valence-corrected chi connectivity index (χ2v) is 4.91. The van der Waals surface area contributed by atoms with Gasteiger partial charge in [-0.15, -0.1) is 0 Å². The van der Waals surface area contributed by atoms with E-state index in [1.165, 1.54) is 0 Å². The molecule has 3 N–H and O–H groups in total. The van der Waals surface area contributed by atoms with Crippen LogP contribution in [0.3, 0.4) is 0 Å². The predicted molar refractivity (Wildman–Crippen MR) is 77.4 cm³/mol. The summed E-state index contributed by atoms with van der Waals surface area (Å²) in [6.45, 7) is 3.68. The number of nitrogens with one attached hydrogen (secondary N) is 1. The number of carbonyl (C=O) groups is 2. The summed E-state index contributed by atoms with van der Waals surface area (Å²) < 4.78 is 4.70. The van der Waals surface area contributed by atoms with Gasteiger partial charge in [0.2, 0.25) is 5.91 Å². The summed E-state index contributed by atoms with van der Waals surface area (Å²) in [5.41, 5.74) is 6.50. The van der Waals surface area contributed by atoms with Gasteiger partial charge in [-0.25, -0.2) is 4.79 Å². The second-order valence-electron chi connectivity index (χ2n) is 4.47. The van der Waals surface area contributed by atoms with Crippen molar-refractivity contribution in [3.05, 3.63) is 34.9 Å². The fourth-order valence-corrected chi connectivity index (χ4v) is 1.95. The van der Waals surface area contributed by atoms with Gasteiger partial charge >= 0.3 is 5.97 Å². The molecule has 6 heteroatoms. The smallest absolute Gasteiger partial charge is 0.332 e. The fourth-order valence-electron chi connectivity index (χ4n) is 1.74. The predicted octanol–water partition coefficient (Wildman–Crippen LogP) is 1.28. The molecule has 0 aliphatic carbocycles. The Morgan fingerprint density at radius 3 is 2.75 bits per heavy atom. The van der Waals surface area contributed by atoms with Crippen molar-refractivity contribution in [2.75, 3.05) is 6.61 Å². The summed E-state index contributed by atoms with van der Waals surface area (Å²) in [5.74, 6) is -1.27. The van der Waals surface area contributed by atoms with Crippen LogP contribution in [0.4, 0.5) is 0 Å². The van der Waals surface area contributed by atoms with Crippen LogP contribution in [-0.2, 0) is 20.7 Å². The lowest BCUT2D eigenvalue weighted by Crippen LogP contribution is -2.49. The minimum atomic E-state index is -1.29. The van der Waals surface area contributed by atoms with Crippen molar-refractivity contribution in [3.8, 4) is 0 Å². The van der Waals surface area contributed by atoms with Gasteiger partial charge < -0.3 is 15.8 Å². The maximum absolute atomic E-state index is 11.8. The third-order valence-corrected chi connectivity index (χ3v) is 2.88. The summed E-state index contributed by atoms with van der Waals surface area (Å²) in [7, 11) is 0. The molecule has 0 aromatic heterocycles. The average molecular weight is 299 g/mol. The van der Waals surface area contributed by atoms with Crippen LogP contribution >= 0.6 is 11.6 Å². The summed E-state index contributed by atoms with van der Waals surface area (Å²) in [5, 5.41) is 3.32. The molecule has 5 nitrogen and oxygen atoms in total. The Morgan fingerprint density at radius 1 is 1.45 bits per heavy atom. The SMILES string of the molecule is CCOC(=O)C(N)C(=O)NC(C)Cc1cccc(Cl)c1. The number of hydrogen-bond donors (Lipinski definition) is 2. The third kappa shape index (κ3) is 5.19. The van der Waals surface area contributed by atoms with Gasteiger partial charge in [-0.05, 0) is 38.0 Å². The monoisotopic (exact) mass is 298 g/mol. The summed E-state index contributed by atoms with van der Waals surface area (Å²) in [4.78, 5) is 23.1. The molecule has 1 aromatic carbocycles. The van der Waals surface area contributed by atoms with Crippen LogP contribution in [0.15, 0.2) is 24.3 Å². The van der Waals surface area contributed by atoms with E-state index in [1.807, 2.05) is 25.1 Å². The Balaban J connectivity index is 2.51.